The number of nitro groups is 1. The fourth-order valence-corrected chi connectivity index (χ4v) is 2.93. The van der Waals surface area contributed by atoms with Crippen LogP contribution in [0.4, 0.5) is 11.4 Å². The van der Waals surface area contributed by atoms with Crippen LogP contribution < -0.4 is 14.8 Å². The Morgan fingerprint density at radius 2 is 1.80 bits per heavy atom. The number of anilines is 1. The third kappa shape index (κ3) is 5.05. The smallest absolute Gasteiger partial charge is 0.286 e. The van der Waals surface area contributed by atoms with E-state index in [1.54, 1.807) is 30.0 Å². The Hall–Kier alpha value is -3.62. The van der Waals surface area contributed by atoms with Crippen LogP contribution >= 0.6 is 0 Å². The monoisotopic (exact) mass is 415 g/mol. The molecule has 0 radical (unpaired) electrons. The van der Waals surface area contributed by atoms with Gasteiger partial charge in [0.15, 0.2) is 11.5 Å². The molecule has 2 rings (SSSR count). The molecule has 160 valence electrons. The number of amides is 2. The average Bonchev–Trinajstić information content (AvgIpc) is 2.74. The molecule has 2 aromatic rings. The number of benzene rings is 2. The summed E-state index contributed by atoms with van der Waals surface area (Å²) in [6.45, 7) is 6.90. The molecule has 0 unspecified atom stereocenters. The lowest BCUT2D eigenvalue weighted by atomic mass is 10.1. The molecular weight excluding hydrogens is 390 g/mol. The van der Waals surface area contributed by atoms with Gasteiger partial charge in [-0.1, -0.05) is 6.07 Å². The Morgan fingerprint density at radius 3 is 2.37 bits per heavy atom. The van der Waals surface area contributed by atoms with Gasteiger partial charge in [-0.15, -0.1) is 0 Å². The molecule has 1 N–H and O–H groups in total. The van der Waals surface area contributed by atoms with Gasteiger partial charge in [0.2, 0.25) is 0 Å². The highest BCUT2D eigenvalue weighted by Crippen LogP contribution is 2.35. The first-order chi connectivity index (χ1) is 14.4. The first-order valence-corrected chi connectivity index (χ1v) is 9.56. The molecule has 0 aliphatic rings. The first-order valence-electron chi connectivity index (χ1n) is 9.56. The largest absolute Gasteiger partial charge is 0.493 e. The van der Waals surface area contributed by atoms with E-state index in [1.807, 2.05) is 13.8 Å². The van der Waals surface area contributed by atoms with E-state index in [2.05, 4.69) is 5.32 Å². The van der Waals surface area contributed by atoms with Gasteiger partial charge in [-0.3, -0.25) is 19.7 Å². The molecule has 2 amide bonds. The highest BCUT2D eigenvalue weighted by atomic mass is 16.6. The topological polar surface area (TPSA) is 111 Å². The molecule has 9 nitrogen and oxygen atoms in total. The van der Waals surface area contributed by atoms with Crippen molar-refractivity contribution >= 4 is 23.2 Å². The van der Waals surface area contributed by atoms with E-state index >= 15 is 0 Å². The second-order valence-electron chi connectivity index (χ2n) is 6.22. The summed E-state index contributed by atoms with van der Waals surface area (Å²) in [4.78, 5) is 37.8. The minimum Gasteiger partial charge on any atom is -0.493 e. The van der Waals surface area contributed by atoms with Crippen molar-refractivity contribution in [2.24, 2.45) is 0 Å². The van der Waals surface area contributed by atoms with Crippen molar-refractivity contribution in [3.05, 3.63) is 57.6 Å². The summed E-state index contributed by atoms with van der Waals surface area (Å²) in [7, 11) is 1.38. The van der Waals surface area contributed by atoms with Crippen LogP contribution in [0.5, 0.6) is 11.5 Å². The normalized spacial score (nSPS) is 10.3. The second-order valence-corrected chi connectivity index (χ2v) is 6.22. The van der Waals surface area contributed by atoms with Crippen molar-refractivity contribution in [3.8, 4) is 11.5 Å². The fourth-order valence-electron chi connectivity index (χ4n) is 2.93. The highest BCUT2D eigenvalue weighted by Gasteiger charge is 2.25. The summed E-state index contributed by atoms with van der Waals surface area (Å²) in [5, 5.41) is 14.1. The summed E-state index contributed by atoms with van der Waals surface area (Å²) < 4.78 is 10.6. The van der Waals surface area contributed by atoms with Crippen molar-refractivity contribution in [1.29, 1.82) is 0 Å². The Morgan fingerprint density at radius 1 is 1.10 bits per heavy atom. The van der Waals surface area contributed by atoms with Gasteiger partial charge >= 0.3 is 0 Å². The van der Waals surface area contributed by atoms with Crippen LogP contribution in [-0.2, 0) is 0 Å². The SMILES string of the molecule is CCOc1cc([N+](=O)[O-])c(C(=O)Nc2cccc(C(=O)N(CC)CC)c2)cc1OC. The molecular formula is C21H25N3O6. The maximum absolute atomic E-state index is 12.8. The van der Waals surface area contributed by atoms with Gasteiger partial charge in [0, 0.05) is 30.4 Å². The van der Waals surface area contributed by atoms with Gasteiger partial charge in [0.25, 0.3) is 17.5 Å². The lowest BCUT2D eigenvalue weighted by molar-refractivity contribution is -0.385. The van der Waals surface area contributed by atoms with Gasteiger partial charge in [-0.2, -0.15) is 0 Å². The zero-order valence-electron chi connectivity index (χ0n) is 17.4. The molecule has 2 aromatic carbocycles. The predicted molar refractivity (Wildman–Crippen MR) is 112 cm³/mol. The van der Waals surface area contributed by atoms with Crippen LogP contribution in [-0.4, -0.2) is 48.4 Å². The summed E-state index contributed by atoms with van der Waals surface area (Å²) in [5.74, 6) is -0.478. The van der Waals surface area contributed by atoms with E-state index in [0.29, 0.717) is 24.3 Å². The number of hydrogen-bond acceptors (Lipinski definition) is 6. The molecule has 0 aromatic heterocycles. The molecule has 30 heavy (non-hydrogen) atoms. The molecule has 0 spiro atoms. The number of nitrogens with one attached hydrogen (secondary N) is 1. The number of rotatable bonds is 9. The minimum atomic E-state index is -0.699. The highest BCUT2D eigenvalue weighted by molar-refractivity contribution is 6.08. The van der Waals surface area contributed by atoms with E-state index in [1.165, 1.54) is 19.2 Å². The van der Waals surface area contributed by atoms with Gasteiger partial charge in [-0.25, -0.2) is 0 Å². The van der Waals surface area contributed by atoms with Crippen LogP contribution in [0, 0.1) is 10.1 Å². The zero-order valence-corrected chi connectivity index (χ0v) is 17.4. The molecule has 0 heterocycles. The van der Waals surface area contributed by atoms with Crippen molar-refractivity contribution in [1.82, 2.24) is 4.90 Å². The molecule has 0 aliphatic heterocycles. The summed E-state index contributed by atoms with van der Waals surface area (Å²) in [6, 6.07) is 8.86. The Labute approximate surface area is 174 Å². The van der Waals surface area contributed by atoms with Crippen LogP contribution in [0.1, 0.15) is 41.5 Å². The van der Waals surface area contributed by atoms with E-state index in [-0.39, 0.29) is 29.6 Å². The Kier molecular flexibility index (Phi) is 7.74. The Balaban J connectivity index is 2.37. The number of methoxy groups -OCH3 is 1. The second kappa shape index (κ2) is 10.2. The molecule has 0 bridgehead atoms. The zero-order chi connectivity index (χ0) is 22.3. The summed E-state index contributed by atoms with van der Waals surface area (Å²) in [6.07, 6.45) is 0. The standard InChI is InChI=1S/C21H25N3O6/c1-5-23(6-2)21(26)14-9-8-10-15(11-14)22-20(25)16-12-18(29-4)19(30-7-3)13-17(16)24(27)28/h8-13H,5-7H2,1-4H3,(H,22,25). The molecule has 0 saturated heterocycles. The van der Waals surface area contributed by atoms with Crippen LogP contribution in [0.3, 0.4) is 0 Å². The maximum atomic E-state index is 12.8. The average molecular weight is 415 g/mol. The molecule has 0 atom stereocenters. The lowest BCUT2D eigenvalue weighted by Crippen LogP contribution is -2.30. The molecule has 0 fully saturated rings. The van der Waals surface area contributed by atoms with Gasteiger partial charge in [-0.05, 0) is 39.0 Å². The van der Waals surface area contributed by atoms with E-state index in [0.717, 1.165) is 6.07 Å². The van der Waals surface area contributed by atoms with Crippen molar-refractivity contribution in [3.63, 3.8) is 0 Å². The summed E-state index contributed by atoms with van der Waals surface area (Å²) >= 11 is 0. The van der Waals surface area contributed by atoms with E-state index < -0.39 is 16.5 Å². The number of carbonyl (C=O) groups excluding carboxylic acids is 2. The quantitative estimate of drug-likeness (QED) is 0.493. The molecule has 9 heteroatoms. The number of ether oxygens (including phenoxy) is 2. The fraction of sp³-hybridized carbons (Fsp3) is 0.333. The summed E-state index contributed by atoms with van der Waals surface area (Å²) in [5.41, 5.74) is 0.170. The number of hydrogen-bond donors (Lipinski definition) is 1. The minimum absolute atomic E-state index is 0.162. The van der Waals surface area contributed by atoms with Crippen LogP contribution in [0.25, 0.3) is 0 Å². The third-order valence-corrected chi connectivity index (χ3v) is 4.44. The predicted octanol–water partition coefficient (Wildman–Crippen LogP) is 3.74. The first kappa shape index (κ1) is 22.7. The van der Waals surface area contributed by atoms with E-state index in [9.17, 15) is 19.7 Å². The van der Waals surface area contributed by atoms with Crippen molar-refractivity contribution < 1.29 is 24.0 Å². The number of nitrogens with zero attached hydrogens (tertiary/aromatic N) is 2. The number of nitro benzene ring substituents is 1. The van der Waals surface area contributed by atoms with Crippen molar-refractivity contribution in [2.75, 3.05) is 32.1 Å². The molecule has 0 saturated carbocycles. The van der Waals surface area contributed by atoms with Crippen LogP contribution in [0.2, 0.25) is 0 Å². The van der Waals surface area contributed by atoms with Gasteiger partial charge in [0.05, 0.1) is 24.7 Å². The third-order valence-electron chi connectivity index (χ3n) is 4.44. The number of carbonyl (C=O) groups is 2. The van der Waals surface area contributed by atoms with Crippen LogP contribution in [0.15, 0.2) is 36.4 Å². The van der Waals surface area contributed by atoms with Crippen molar-refractivity contribution in [2.45, 2.75) is 20.8 Å². The lowest BCUT2D eigenvalue weighted by Gasteiger charge is -2.19. The Bertz CT molecular complexity index is 940. The van der Waals surface area contributed by atoms with Gasteiger partial charge in [0.1, 0.15) is 5.56 Å². The molecule has 0 aliphatic carbocycles. The van der Waals surface area contributed by atoms with E-state index in [4.69, 9.17) is 9.47 Å². The maximum Gasteiger partial charge on any atom is 0.286 e. The van der Waals surface area contributed by atoms with Gasteiger partial charge < -0.3 is 19.7 Å².